The highest BCUT2D eigenvalue weighted by Crippen LogP contribution is 2.33. The fourth-order valence-electron chi connectivity index (χ4n) is 3.41. The molecule has 1 aliphatic heterocycles. The summed E-state index contributed by atoms with van der Waals surface area (Å²) in [5.41, 5.74) is 0.533. The van der Waals surface area contributed by atoms with Crippen molar-refractivity contribution in [3.05, 3.63) is 69.1 Å². The number of nitrogens with zero attached hydrogens (tertiary/aromatic N) is 3. The predicted molar refractivity (Wildman–Crippen MR) is 116 cm³/mol. The average Bonchev–Trinajstić information content (AvgIpc) is 3.24. The van der Waals surface area contributed by atoms with Gasteiger partial charge in [0, 0.05) is 35.8 Å². The van der Waals surface area contributed by atoms with Crippen LogP contribution in [0.3, 0.4) is 0 Å². The highest BCUT2D eigenvalue weighted by Gasteiger charge is 2.33. The third kappa shape index (κ3) is 4.80. The number of rotatable bonds is 5. The summed E-state index contributed by atoms with van der Waals surface area (Å²) in [4.78, 5) is 11.9. The van der Waals surface area contributed by atoms with Gasteiger partial charge < -0.3 is 5.32 Å². The molecule has 1 N–H and O–H groups in total. The van der Waals surface area contributed by atoms with E-state index in [0.29, 0.717) is 34.6 Å². The van der Waals surface area contributed by atoms with Crippen molar-refractivity contribution in [1.29, 1.82) is 0 Å². The molecule has 1 saturated heterocycles. The largest absolute Gasteiger partial charge is 0.320 e. The Labute approximate surface area is 192 Å². The molecule has 2 aromatic carbocycles. The second-order valence-corrected chi connectivity index (χ2v) is 10.5. The number of sulfonamides is 1. The van der Waals surface area contributed by atoms with E-state index in [1.165, 1.54) is 4.31 Å². The van der Waals surface area contributed by atoms with E-state index in [2.05, 4.69) is 15.5 Å². The number of piperidine rings is 1. The smallest absolute Gasteiger partial charge is 0.286 e. The van der Waals surface area contributed by atoms with Crippen molar-refractivity contribution >= 4 is 44.6 Å². The second kappa shape index (κ2) is 9.18. The van der Waals surface area contributed by atoms with Gasteiger partial charge in [0.25, 0.3) is 5.91 Å². The fourth-order valence-corrected chi connectivity index (χ4v) is 6.02. The predicted octanol–water partition coefficient (Wildman–Crippen LogP) is 4.29. The zero-order chi connectivity index (χ0) is 22.9. The van der Waals surface area contributed by atoms with Gasteiger partial charge in [-0.2, -0.15) is 4.31 Å². The molecule has 3 aromatic rings. The van der Waals surface area contributed by atoms with Crippen molar-refractivity contribution < 1.29 is 22.0 Å². The zero-order valence-electron chi connectivity index (χ0n) is 16.5. The molecule has 168 valence electrons. The van der Waals surface area contributed by atoms with Gasteiger partial charge in [-0.25, -0.2) is 17.2 Å². The first-order valence-electron chi connectivity index (χ1n) is 9.59. The summed E-state index contributed by atoms with van der Waals surface area (Å²) < 4.78 is 53.7. The molecule has 7 nitrogen and oxygen atoms in total. The molecule has 32 heavy (non-hydrogen) atoms. The van der Waals surface area contributed by atoms with Crippen LogP contribution in [0.15, 0.2) is 47.4 Å². The first-order chi connectivity index (χ1) is 15.2. The Hall–Kier alpha value is -2.47. The number of hydrogen-bond acceptors (Lipinski definition) is 6. The van der Waals surface area contributed by atoms with Crippen LogP contribution in [0.2, 0.25) is 5.02 Å². The van der Waals surface area contributed by atoms with Crippen molar-refractivity contribution in [3.63, 3.8) is 0 Å². The van der Waals surface area contributed by atoms with Crippen LogP contribution in [-0.2, 0) is 10.0 Å². The van der Waals surface area contributed by atoms with Crippen molar-refractivity contribution in [2.45, 2.75) is 23.7 Å². The van der Waals surface area contributed by atoms with Crippen LogP contribution >= 0.6 is 22.9 Å². The lowest BCUT2D eigenvalue weighted by Crippen LogP contribution is -2.38. The number of carbonyl (C=O) groups excluding carboxylic acids is 1. The summed E-state index contributed by atoms with van der Waals surface area (Å²) in [6.07, 6.45) is 0.874. The number of aromatic nitrogens is 2. The lowest BCUT2D eigenvalue weighted by molar-refractivity contribution is 0.102. The summed E-state index contributed by atoms with van der Waals surface area (Å²) in [5.74, 6) is -2.45. The maximum Gasteiger partial charge on any atom is 0.286 e. The van der Waals surface area contributed by atoms with Gasteiger partial charge in [-0.15, -0.1) is 10.2 Å². The van der Waals surface area contributed by atoms with E-state index in [4.69, 9.17) is 11.6 Å². The summed E-state index contributed by atoms with van der Waals surface area (Å²) in [7, 11) is -4.08. The van der Waals surface area contributed by atoms with Crippen LogP contribution in [0.5, 0.6) is 0 Å². The van der Waals surface area contributed by atoms with E-state index in [1.807, 2.05) is 0 Å². The summed E-state index contributed by atoms with van der Waals surface area (Å²) in [6.45, 7) is 0.293. The third-order valence-corrected chi connectivity index (χ3v) is 8.28. The van der Waals surface area contributed by atoms with Crippen LogP contribution in [-0.4, -0.2) is 41.9 Å². The number of benzene rings is 2. The zero-order valence-corrected chi connectivity index (χ0v) is 18.9. The Kier molecular flexibility index (Phi) is 6.52. The van der Waals surface area contributed by atoms with Crippen molar-refractivity contribution in [3.8, 4) is 0 Å². The normalized spacial score (nSPS) is 15.6. The molecule has 0 bridgehead atoms. The molecule has 0 unspecified atom stereocenters. The van der Waals surface area contributed by atoms with Gasteiger partial charge in [-0.05, 0) is 43.2 Å². The Bertz CT molecular complexity index is 1260. The number of anilines is 1. The van der Waals surface area contributed by atoms with E-state index in [9.17, 15) is 22.0 Å². The molecule has 0 aliphatic carbocycles. The molecule has 0 atom stereocenters. The lowest BCUT2D eigenvalue weighted by Gasteiger charge is -2.30. The van der Waals surface area contributed by atoms with Gasteiger partial charge >= 0.3 is 0 Å². The molecule has 2 heterocycles. The minimum absolute atomic E-state index is 0.0789. The molecule has 0 spiro atoms. The van der Waals surface area contributed by atoms with Gasteiger partial charge in [-0.1, -0.05) is 29.0 Å². The molecule has 0 radical (unpaired) electrons. The van der Waals surface area contributed by atoms with Crippen LogP contribution in [0.25, 0.3) is 0 Å². The monoisotopic (exact) mass is 498 g/mol. The highest BCUT2D eigenvalue weighted by molar-refractivity contribution is 7.89. The Balaban J connectivity index is 1.40. The molecule has 1 aliphatic rings. The summed E-state index contributed by atoms with van der Waals surface area (Å²) in [6, 6.07) is 9.12. The number of halogens is 3. The van der Waals surface area contributed by atoms with E-state index in [-0.39, 0.29) is 24.0 Å². The molecule has 1 aromatic heterocycles. The van der Waals surface area contributed by atoms with Crippen molar-refractivity contribution in [1.82, 2.24) is 14.5 Å². The maximum absolute atomic E-state index is 14.0. The second-order valence-electron chi connectivity index (χ2n) is 7.16. The van der Waals surface area contributed by atoms with E-state index < -0.39 is 32.5 Å². The van der Waals surface area contributed by atoms with Crippen LogP contribution < -0.4 is 5.32 Å². The SMILES string of the molecule is O=C(Nc1cccc(Cl)c1)c1nnc(C2CCN(S(=O)(=O)c3ccc(F)cc3F)CC2)s1. The van der Waals surface area contributed by atoms with Gasteiger partial charge in [0.2, 0.25) is 15.0 Å². The Morgan fingerprint density at radius 3 is 2.56 bits per heavy atom. The molecule has 1 amide bonds. The highest BCUT2D eigenvalue weighted by atomic mass is 35.5. The third-order valence-electron chi connectivity index (χ3n) is 5.03. The molecular weight excluding hydrogens is 482 g/mol. The summed E-state index contributed by atoms with van der Waals surface area (Å²) in [5, 5.41) is 12.1. The van der Waals surface area contributed by atoms with E-state index in [1.54, 1.807) is 24.3 Å². The maximum atomic E-state index is 14.0. The standard InChI is InChI=1S/C20H17ClF2N4O3S2/c21-13-2-1-3-15(10-13)24-18(28)20-26-25-19(31-20)12-6-8-27(9-7-12)32(29,30)17-5-4-14(22)11-16(17)23/h1-5,10-12H,6-9H2,(H,24,28). The topological polar surface area (TPSA) is 92.3 Å². The number of hydrogen-bond donors (Lipinski definition) is 1. The van der Waals surface area contributed by atoms with Crippen LogP contribution in [0.1, 0.15) is 33.6 Å². The molecule has 4 rings (SSSR count). The van der Waals surface area contributed by atoms with Crippen LogP contribution in [0.4, 0.5) is 14.5 Å². The Morgan fingerprint density at radius 1 is 1.12 bits per heavy atom. The minimum Gasteiger partial charge on any atom is -0.320 e. The van der Waals surface area contributed by atoms with Crippen molar-refractivity contribution in [2.24, 2.45) is 0 Å². The van der Waals surface area contributed by atoms with Gasteiger partial charge in [0.15, 0.2) is 0 Å². The first kappa shape index (κ1) is 22.7. The summed E-state index contributed by atoms with van der Waals surface area (Å²) >= 11 is 7.06. The number of nitrogens with one attached hydrogen (secondary N) is 1. The molecule has 0 saturated carbocycles. The molecule has 1 fully saturated rings. The fraction of sp³-hybridized carbons (Fsp3) is 0.250. The first-order valence-corrected chi connectivity index (χ1v) is 12.2. The number of amides is 1. The average molecular weight is 499 g/mol. The minimum atomic E-state index is -4.08. The van der Waals surface area contributed by atoms with Gasteiger partial charge in [-0.3, -0.25) is 4.79 Å². The quantitative estimate of drug-likeness (QED) is 0.566. The van der Waals surface area contributed by atoms with Crippen molar-refractivity contribution in [2.75, 3.05) is 18.4 Å². The molecular formula is C20H17ClF2N4O3S2. The van der Waals surface area contributed by atoms with E-state index >= 15 is 0 Å². The number of carbonyl (C=O) groups is 1. The van der Waals surface area contributed by atoms with Gasteiger partial charge in [0.05, 0.1) is 0 Å². The van der Waals surface area contributed by atoms with Gasteiger partial charge in [0.1, 0.15) is 21.5 Å². The lowest BCUT2D eigenvalue weighted by atomic mass is 9.99. The molecule has 12 heteroatoms. The van der Waals surface area contributed by atoms with E-state index in [0.717, 1.165) is 23.5 Å². The van der Waals surface area contributed by atoms with Crippen LogP contribution in [0, 0.1) is 11.6 Å². The Morgan fingerprint density at radius 2 is 1.88 bits per heavy atom.